The average Bonchev–Trinajstić information content (AvgIpc) is 2.47. The maximum absolute atomic E-state index is 11.8. The molecule has 2 rings (SSSR count). The van der Waals surface area contributed by atoms with E-state index in [1.165, 1.54) is 6.08 Å². The lowest BCUT2D eigenvalue weighted by Crippen LogP contribution is -2.20. The Labute approximate surface area is 113 Å². The molecule has 0 saturated carbocycles. The van der Waals surface area contributed by atoms with E-state index < -0.39 is 6.10 Å². The molecule has 19 heavy (non-hydrogen) atoms. The van der Waals surface area contributed by atoms with Crippen molar-refractivity contribution in [1.29, 1.82) is 0 Å². The fraction of sp³-hybridized carbons (Fsp3) is 0.118. The molecule has 0 aliphatic heterocycles. The van der Waals surface area contributed by atoms with Crippen LogP contribution in [0.3, 0.4) is 0 Å². The zero-order chi connectivity index (χ0) is 13.5. The molecule has 0 spiro atoms. The monoisotopic (exact) mass is 252 g/mol. The van der Waals surface area contributed by atoms with E-state index >= 15 is 0 Å². The summed E-state index contributed by atoms with van der Waals surface area (Å²) in [6.07, 6.45) is 2.51. The molecule has 0 amide bonds. The van der Waals surface area contributed by atoms with Gasteiger partial charge in [0.25, 0.3) is 0 Å². The van der Waals surface area contributed by atoms with E-state index in [4.69, 9.17) is 0 Å². The van der Waals surface area contributed by atoms with E-state index in [0.717, 1.165) is 11.1 Å². The second kappa shape index (κ2) is 6.66. The summed E-state index contributed by atoms with van der Waals surface area (Å²) in [5.74, 6) is -0.271. The minimum absolute atomic E-state index is 0.271. The highest BCUT2D eigenvalue weighted by molar-refractivity contribution is 5.96. The molecule has 2 heteroatoms. The number of carbonyl (C=O) groups excluding carboxylic acids is 1. The van der Waals surface area contributed by atoms with Gasteiger partial charge in [0.05, 0.1) is 0 Å². The van der Waals surface area contributed by atoms with E-state index in [9.17, 15) is 9.90 Å². The molecule has 0 radical (unpaired) electrons. The Kier molecular flexibility index (Phi) is 4.65. The Hall–Kier alpha value is -2.19. The number of aliphatic hydroxyl groups is 1. The van der Waals surface area contributed by atoms with Crippen LogP contribution in [0.2, 0.25) is 0 Å². The molecule has 96 valence electrons. The summed E-state index contributed by atoms with van der Waals surface area (Å²) >= 11 is 0. The van der Waals surface area contributed by atoms with Crippen LogP contribution < -0.4 is 0 Å². The lowest BCUT2D eigenvalue weighted by molar-refractivity contribution is -0.122. The minimum atomic E-state index is -0.984. The van der Waals surface area contributed by atoms with Crippen molar-refractivity contribution >= 4 is 11.9 Å². The Balaban J connectivity index is 1.95. The fourth-order valence-corrected chi connectivity index (χ4v) is 1.79. The van der Waals surface area contributed by atoms with E-state index in [0.29, 0.717) is 6.42 Å². The maximum Gasteiger partial charge on any atom is 0.184 e. The summed E-state index contributed by atoms with van der Waals surface area (Å²) < 4.78 is 0. The first kappa shape index (κ1) is 13.2. The van der Waals surface area contributed by atoms with Crippen LogP contribution >= 0.6 is 0 Å². The van der Waals surface area contributed by atoms with Crippen molar-refractivity contribution in [1.82, 2.24) is 0 Å². The van der Waals surface area contributed by atoms with Gasteiger partial charge in [0.15, 0.2) is 5.78 Å². The molecule has 1 atom stereocenters. The van der Waals surface area contributed by atoms with Crippen molar-refractivity contribution < 1.29 is 9.90 Å². The highest BCUT2D eigenvalue weighted by Gasteiger charge is 2.12. The number of hydrogen-bond donors (Lipinski definition) is 1. The molecule has 2 aromatic rings. The third-order valence-corrected chi connectivity index (χ3v) is 2.84. The normalized spacial score (nSPS) is 12.5. The summed E-state index contributed by atoms with van der Waals surface area (Å²) in [5, 5.41) is 9.85. The van der Waals surface area contributed by atoms with Crippen molar-refractivity contribution in [3.05, 3.63) is 77.9 Å². The zero-order valence-electron chi connectivity index (χ0n) is 10.6. The highest BCUT2D eigenvalue weighted by Crippen LogP contribution is 2.06. The van der Waals surface area contributed by atoms with Gasteiger partial charge in [0.1, 0.15) is 6.10 Å². The molecule has 2 aromatic carbocycles. The van der Waals surface area contributed by atoms with E-state index in [2.05, 4.69) is 0 Å². The molecule has 0 unspecified atom stereocenters. The second-order valence-electron chi connectivity index (χ2n) is 4.35. The molecule has 0 aliphatic carbocycles. The van der Waals surface area contributed by atoms with Gasteiger partial charge in [-0.15, -0.1) is 0 Å². The van der Waals surface area contributed by atoms with Gasteiger partial charge in [-0.2, -0.15) is 0 Å². The SMILES string of the molecule is O=C(/C=C/c1ccccc1)[C@@H](O)Cc1ccccc1. The van der Waals surface area contributed by atoms with Gasteiger partial charge in [-0.25, -0.2) is 0 Å². The first-order valence-electron chi connectivity index (χ1n) is 6.24. The van der Waals surface area contributed by atoms with Crippen LogP contribution in [0.15, 0.2) is 66.7 Å². The van der Waals surface area contributed by atoms with E-state index in [1.807, 2.05) is 60.7 Å². The van der Waals surface area contributed by atoms with E-state index in [-0.39, 0.29) is 5.78 Å². The lowest BCUT2D eigenvalue weighted by Gasteiger charge is -2.06. The first-order valence-corrected chi connectivity index (χ1v) is 6.24. The molecule has 0 heterocycles. The number of aliphatic hydroxyl groups excluding tert-OH is 1. The third-order valence-electron chi connectivity index (χ3n) is 2.84. The lowest BCUT2D eigenvalue weighted by atomic mass is 10.0. The van der Waals surface area contributed by atoms with E-state index in [1.54, 1.807) is 6.08 Å². The predicted octanol–water partition coefficient (Wildman–Crippen LogP) is 2.87. The van der Waals surface area contributed by atoms with Crippen molar-refractivity contribution in [2.45, 2.75) is 12.5 Å². The predicted molar refractivity (Wildman–Crippen MR) is 76.6 cm³/mol. The molecule has 0 bridgehead atoms. The van der Waals surface area contributed by atoms with Crippen LogP contribution in [0.5, 0.6) is 0 Å². The Morgan fingerprint density at radius 2 is 1.58 bits per heavy atom. The topological polar surface area (TPSA) is 37.3 Å². The molecule has 0 fully saturated rings. The number of carbonyl (C=O) groups is 1. The van der Waals surface area contributed by atoms with Gasteiger partial charge in [-0.3, -0.25) is 4.79 Å². The van der Waals surface area contributed by atoms with Gasteiger partial charge < -0.3 is 5.11 Å². The quantitative estimate of drug-likeness (QED) is 0.831. The van der Waals surface area contributed by atoms with Gasteiger partial charge in [0.2, 0.25) is 0 Å². The summed E-state index contributed by atoms with van der Waals surface area (Å²) in [7, 11) is 0. The molecule has 1 N–H and O–H groups in total. The summed E-state index contributed by atoms with van der Waals surface area (Å²) in [6.45, 7) is 0. The maximum atomic E-state index is 11.8. The van der Waals surface area contributed by atoms with Gasteiger partial charge in [-0.1, -0.05) is 66.7 Å². The average molecular weight is 252 g/mol. The van der Waals surface area contributed by atoms with Crippen molar-refractivity contribution in [2.75, 3.05) is 0 Å². The minimum Gasteiger partial charge on any atom is -0.385 e. The summed E-state index contributed by atoms with van der Waals surface area (Å²) in [4.78, 5) is 11.8. The molecule has 0 saturated heterocycles. The van der Waals surface area contributed by atoms with Gasteiger partial charge >= 0.3 is 0 Å². The van der Waals surface area contributed by atoms with Crippen LogP contribution in [0.25, 0.3) is 6.08 Å². The molecular weight excluding hydrogens is 236 g/mol. The first-order chi connectivity index (χ1) is 9.25. The Morgan fingerprint density at radius 1 is 1.00 bits per heavy atom. The number of benzene rings is 2. The van der Waals surface area contributed by atoms with Crippen LogP contribution in [-0.4, -0.2) is 17.0 Å². The van der Waals surface area contributed by atoms with Crippen LogP contribution in [-0.2, 0) is 11.2 Å². The number of rotatable bonds is 5. The molecular formula is C17H16O2. The second-order valence-corrected chi connectivity index (χ2v) is 4.35. The standard InChI is InChI=1S/C17H16O2/c18-16(12-11-14-7-3-1-4-8-14)17(19)13-15-9-5-2-6-10-15/h1-12,17,19H,13H2/b12-11+/t17-/m0/s1. The molecule has 0 aliphatic rings. The largest absolute Gasteiger partial charge is 0.385 e. The van der Waals surface area contributed by atoms with Crippen LogP contribution in [0.4, 0.5) is 0 Å². The highest BCUT2D eigenvalue weighted by atomic mass is 16.3. The summed E-state index contributed by atoms with van der Waals surface area (Å²) in [6, 6.07) is 19.1. The molecule has 2 nitrogen and oxygen atoms in total. The van der Waals surface area contributed by atoms with Gasteiger partial charge in [-0.05, 0) is 17.2 Å². The number of hydrogen-bond acceptors (Lipinski definition) is 2. The Morgan fingerprint density at radius 3 is 2.21 bits per heavy atom. The van der Waals surface area contributed by atoms with Gasteiger partial charge in [0, 0.05) is 6.42 Å². The Bertz CT molecular complexity index is 544. The summed E-state index contributed by atoms with van der Waals surface area (Å²) in [5.41, 5.74) is 1.90. The fourth-order valence-electron chi connectivity index (χ4n) is 1.79. The molecule has 0 aromatic heterocycles. The van der Waals surface area contributed by atoms with Crippen LogP contribution in [0, 0.1) is 0 Å². The number of ketones is 1. The van der Waals surface area contributed by atoms with Crippen LogP contribution in [0.1, 0.15) is 11.1 Å². The van der Waals surface area contributed by atoms with Crippen molar-refractivity contribution in [2.24, 2.45) is 0 Å². The van der Waals surface area contributed by atoms with Crippen molar-refractivity contribution in [3.63, 3.8) is 0 Å². The smallest absolute Gasteiger partial charge is 0.184 e. The third kappa shape index (κ3) is 4.19. The van der Waals surface area contributed by atoms with Crippen molar-refractivity contribution in [3.8, 4) is 0 Å². The zero-order valence-corrected chi connectivity index (χ0v) is 10.6.